The van der Waals surface area contributed by atoms with E-state index in [1.807, 2.05) is 0 Å². The van der Waals surface area contributed by atoms with Crippen molar-refractivity contribution in [3.05, 3.63) is 47.7 Å². The van der Waals surface area contributed by atoms with Crippen LogP contribution in [0.5, 0.6) is 0 Å². The Bertz CT molecular complexity index is 689. The fourth-order valence-corrected chi connectivity index (χ4v) is 2.40. The summed E-state index contributed by atoms with van der Waals surface area (Å²) in [4.78, 5) is 3.50. The van der Waals surface area contributed by atoms with Gasteiger partial charge in [-0.15, -0.1) is 0 Å². The molecule has 0 saturated heterocycles. The summed E-state index contributed by atoms with van der Waals surface area (Å²) in [5.74, 6) is 0.544. The molecule has 0 aliphatic heterocycles. The van der Waals surface area contributed by atoms with Crippen molar-refractivity contribution in [2.45, 2.75) is 26.7 Å². The Morgan fingerprint density at radius 1 is 0.941 bits per heavy atom. The van der Waals surface area contributed by atoms with Crippen LogP contribution in [0.3, 0.4) is 0 Å². The number of fused-ring (bicyclic) bond motifs is 3. The molecule has 0 aliphatic rings. The summed E-state index contributed by atoms with van der Waals surface area (Å²) in [6.45, 7) is 6.58. The molecule has 3 aromatic rings. The van der Waals surface area contributed by atoms with Gasteiger partial charge in [0.05, 0.1) is 0 Å². The normalized spacial score (nSPS) is 11.8. The molecule has 0 saturated carbocycles. The van der Waals surface area contributed by atoms with E-state index in [9.17, 15) is 0 Å². The lowest BCUT2D eigenvalue weighted by atomic mass is 10.0. The van der Waals surface area contributed by atoms with Crippen molar-refractivity contribution in [1.82, 2.24) is 4.98 Å². The first-order valence-corrected chi connectivity index (χ1v) is 6.17. The van der Waals surface area contributed by atoms with Gasteiger partial charge in [0.15, 0.2) is 0 Å². The molecule has 0 amide bonds. The molecular weight excluding hydrogens is 206 g/mol. The Hall–Kier alpha value is -1.76. The van der Waals surface area contributed by atoms with Crippen molar-refractivity contribution in [1.29, 1.82) is 0 Å². The molecular formula is C16H17N. The zero-order valence-corrected chi connectivity index (χ0v) is 10.5. The first-order valence-electron chi connectivity index (χ1n) is 6.17. The molecule has 1 aromatic heterocycles. The second kappa shape index (κ2) is 3.63. The number of rotatable bonds is 1. The van der Waals surface area contributed by atoms with Crippen LogP contribution >= 0.6 is 0 Å². The highest BCUT2D eigenvalue weighted by Gasteiger charge is 2.07. The summed E-state index contributed by atoms with van der Waals surface area (Å²) in [6, 6.07) is 13.3. The van der Waals surface area contributed by atoms with Crippen LogP contribution in [0.1, 0.15) is 31.0 Å². The molecule has 0 radical (unpaired) electrons. The highest BCUT2D eigenvalue weighted by atomic mass is 14.7. The van der Waals surface area contributed by atoms with Gasteiger partial charge in [-0.2, -0.15) is 0 Å². The molecule has 1 heteroatoms. The topological polar surface area (TPSA) is 15.8 Å². The zero-order valence-electron chi connectivity index (χ0n) is 10.5. The minimum absolute atomic E-state index is 0.544. The molecule has 0 aliphatic carbocycles. The van der Waals surface area contributed by atoms with Gasteiger partial charge in [0.25, 0.3) is 0 Å². The van der Waals surface area contributed by atoms with Crippen LogP contribution in [0.4, 0.5) is 0 Å². The fourth-order valence-electron chi connectivity index (χ4n) is 2.40. The summed E-state index contributed by atoms with van der Waals surface area (Å²) in [5, 5.41) is 4.01. The van der Waals surface area contributed by atoms with E-state index in [0.29, 0.717) is 5.92 Å². The zero-order chi connectivity index (χ0) is 12.0. The maximum absolute atomic E-state index is 3.50. The average molecular weight is 223 g/mol. The van der Waals surface area contributed by atoms with Crippen LogP contribution in [-0.2, 0) is 0 Å². The Morgan fingerprint density at radius 3 is 2.53 bits per heavy atom. The molecule has 1 heterocycles. The van der Waals surface area contributed by atoms with Crippen molar-refractivity contribution < 1.29 is 0 Å². The number of aryl methyl sites for hydroxylation is 1. The Morgan fingerprint density at radius 2 is 1.76 bits per heavy atom. The molecule has 1 N–H and O–H groups in total. The van der Waals surface area contributed by atoms with E-state index in [1.165, 1.54) is 32.9 Å². The molecule has 1 nitrogen and oxygen atoms in total. The standard InChI is InChI=1S/C16H17N/c1-10(2)16-9-14-13-6-4-11(3)8-12(13)5-7-15(14)17-16/h4-10,17H,1-3H3. The van der Waals surface area contributed by atoms with E-state index < -0.39 is 0 Å². The van der Waals surface area contributed by atoms with E-state index in [0.717, 1.165) is 0 Å². The van der Waals surface area contributed by atoms with E-state index >= 15 is 0 Å². The summed E-state index contributed by atoms with van der Waals surface area (Å²) in [7, 11) is 0. The van der Waals surface area contributed by atoms with Gasteiger partial charge < -0.3 is 4.98 Å². The van der Waals surface area contributed by atoms with Crippen LogP contribution < -0.4 is 0 Å². The van der Waals surface area contributed by atoms with E-state index in [2.05, 4.69) is 62.2 Å². The van der Waals surface area contributed by atoms with Gasteiger partial charge >= 0.3 is 0 Å². The third-order valence-electron chi connectivity index (χ3n) is 3.42. The number of aromatic amines is 1. The summed E-state index contributed by atoms with van der Waals surface area (Å²) in [6.07, 6.45) is 0. The predicted molar refractivity (Wildman–Crippen MR) is 74.6 cm³/mol. The second-order valence-corrected chi connectivity index (χ2v) is 5.13. The minimum atomic E-state index is 0.544. The maximum Gasteiger partial charge on any atom is 0.0462 e. The smallest absolute Gasteiger partial charge is 0.0462 e. The van der Waals surface area contributed by atoms with Crippen molar-refractivity contribution in [2.75, 3.05) is 0 Å². The Kier molecular flexibility index (Phi) is 2.22. The molecule has 0 spiro atoms. The van der Waals surface area contributed by atoms with Gasteiger partial charge in [-0.05, 0) is 35.7 Å². The summed E-state index contributed by atoms with van der Waals surface area (Å²) < 4.78 is 0. The van der Waals surface area contributed by atoms with E-state index in [1.54, 1.807) is 0 Å². The first-order chi connectivity index (χ1) is 8.15. The van der Waals surface area contributed by atoms with Gasteiger partial charge in [-0.3, -0.25) is 0 Å². The molecule has 0 bridgehead atoms. The number of aromatic nitrogens is 1. The lowest BCUT2D eigenvalue weighted by Crippen LogP contribution is -1.84. The molecule has 3 rings (SSSR count). The van der Waals surface area contributed by atoms with Crippen LogP contribution in [0, 0.1) is 6.92 Å². The predicted octanol–water partition coefficient (Wildman–Crippen LogP) is 4.75. The number of H-pyrrole nitrogens is 1. The second-order valence-electron chi connectivity index (χ2n) is 5.13. The Balaban J connectivity index is 2.38. The van der Waals surface area contributed by atoms with Crippen molar-refractivity contribution in [3.8, 4) is 0 Å². The lowest BCUT2D eigenvalue weighted by molar-refractivity contribution is 0.836. The first kappa shape index (κ1) is 10.4. The number of hydrogen-bond donors (Lipinski definition) is 1. The van der Waals surface area contributed by atoms with Gasteiger partial charge in [0.2, 0.25) is 0 Å². The van der Waals surface area contributed by atoms with Crippen LogP contribution in [0.15, 0.2) is 36.4 Å². The third kappa shape index (κ3) is 1.62. The summed E-state index contributed by atoms with van der Waals surface area (Å²) in [5.41, 5.74) is 3.87. The van der Waals surface area contributed by atoms with E-state index in [4.69, 9.17) is 0 Å². The SMILES string of the molecule is Cc1ccc2c(ccc3[nH]c(C(C)C)cc32)c1. The number of benzene rings is 2. The molecule has 17 heavy (non-hydrogen) atoms. The average Bonchev–Trinajstić information content (AvgIpc) is 2.72. The van der Waals surface area contributed by atoms with Gasteiger partial charge in [-0.25, -0.2) is 0 Å². The number of nitrogens with one attached hydrogen (secondary N) is 1. The van der Waals surface area contributed by atoms with Crippen LogP contribution in [0.25, 0.3) is 21.7 Å². The van der Waals surface area contributed by atoms with Crippen molar-refractivity contribution in [3.63, 3.8) is 0 Å². The van der Waals surface area contributed by atoms with Crippen molar-refractivity contribution >= 4 is 21.7 Å². The molecule has 0 fully saturated rings. The monoisotopic (exact) mass is 223 g/mol. The maximum atomic E-state index is 3.50. The van der Waals surface area contributed by atoms with Crippen LogP contribution in [0.2, 0.25) is 0 Å². The van der Waals surface area contributed by atoms with E-state index in [-0.39, 0.29) is 0 Å². The molecule has 86 valence electrons. The molecule has 2 aromatic carbocycles. The molecule has 0 atom stereocenters. The fraction of sp³-hybridized carbons (Fsp3) is 0.250. The van der Waals surface area contributed by atoms with Crippen LogP contribution in [-0.4, -0.2) is 4.98 Å². The highest BCUT2D eigenvalue weighted by Crippen LogP contribution is 2.28. The largest absolute Gasteiger partial charge is 0.358 e. The van der Waals surface area contributed by atoms with Gasteiger partial charge in [0.1, 0.15) is 0 Å². The number of hydrogen-bond acceptors (Lipinski definition) is 0. The molecule has 0 unspecified atom stereocenters. The van der Waals surface area contributed by atoms with Crippen molar-refractivity contribution in [2.24, 2.45) is 0 Å². The summed E-state index contributed by atoms with van der Waals surface area (Å²) >= 11 is 0. The Labute approximate surface area is 101 Å². The minimum Gasteiger partial charge on any atom is -0.358 e. The van der Waals surface area contributed by atoms with Gasteiger partial charge in [-0.1, -0.05) is 43.7 Å². The lowest BCUT2D eigenvalue weighted by Gasteiger charge is -2.00. The quantitative estimate of drug-likeness (QED) is 0.612. The van der Waals surface area contributed by atoms with Gasteiger partial charge in [0, 0.05) is 16.6 Å². The highest BCUT2D eigenvalue weighted by molar-refractivity contribution is 6.06. The third-order valence-corrected chi connectivity index (χ3v) is 3.42.